The van der Waals surface area contributed by atoms with E-state index in [9.17, 15) is 5.11 Å². The van der Waals surface area contributed by atoms with Crippen LogP contribution in [-0.4, -0.2) is 27.4 Å². The van der Waals surface area contributed by atoms with Crippen LogP contribution in [0.5, 0.6) is 0 Å². The van der Waals surface area contributed by atoms with Crippen molar-refractivity contribution in [2.75, 3.05) is 5.75 Å². The van der Waals surface area contributed by atoms with Crippen LogP contribution in [0.4, 0.5) is 0 Å². The van der Waals surface area contributed by atoms with E-state index in [0.717, 1.165) is 30.9 Å². The van der Waals surface area contributed by atoms with E-state index in [1.54, 1.807) is 0 Å². The molecule has 0 spiro atoms. The predicted octanol–water partition coefficient (Wildman–Crippen LogP) is 4.60. The van der Waals surface area contributed by atoms with E-state index in [2.05, 4.69) is 20.4 Å². The summed E-state index contributed by atoms with van der Waals surface area (Å²) in [6.45, 7) is 12.4. The SMILES string of the molecule is C=C1C/C(=C/N=C(C(C)C2CS2)C(C)(C)O)CCC(C)C1. The average Bonchev–Trinajstić information content (AvgIpc) is 3.16. The van der Waals surface area contributed by atoms with E-state index in [4.69, 9.17) is 4.99 Å². The molecule has 1 aliphatic carbocycles. The second kappa shape index (κ2) is 6.70. The summed E-state index contributed by atoms with van der Waals surface area (Å²) in [5.41, 5.74) is 2.76. The van der Waals surface area contributed by atoms with Crippen LogP contribution < -0.4 is 0 Å². The first-order chi connectivity index (χ1) is 9.77. The molecule has 2 fully saturated rings. The molecule has 0 aromatic heterocycles. The maximum atomic E-state index is 10.4. The highest BCUT2D eigenvalue weighted by Gasteiger charge is 2.37. The molecule has 1 aliphatic heterocycles. The zero-order valence-corrected chi connectivity index (χ0v) is 14.7. The third-order valence-electron chi connectivity index (χ3n) is 4.43. The van der Waals surface area contributed by atoms with Crippen molar-refractivity contribution in [2.24, 2.45) is 16.8 Å². The van der Waals surface area contributed by atoms with Gasteiger partial charge in [-0.05, 0) is 51.0 Å². The van der Waals surface area contributed by atoms with Crippen molar-refractivity contribution in [1.29, 1.82) is 0 Å². The molecule has 21 heavy (non-hydrogen) atoms. The third-order valence-corrected chi connectivity index (χ3v) is 5.56. The lowest BCUT2D eigenvalue weighted by atomic mass is 9.90. The maximum Gasteiger partial charge on any atom is 0.0973 e. The molecule has 2 rings (SSSR count). The van der Waals surface area contributed by atoms with Gasteiger partial charge in [-0.25, -0.2) is 0 Å². The summed E-state index contributed by atoms with van der Waals surface area (Å²) >= 11 is 1.96. The first kappa shape index (κ1) is 16.8. The van der Waals surface area contributed by atoms with E-state index in [1.165, 1.54) is 23.3 Å². The second-order valence-electron chi connectivity index (χ2n) is 7.30. The average molecular weight is 308 g/mol. The van der Waals surface area contributed by atoms with Gasteiger partial charge in [0.15, 0.2) is 0 Å². The number of rotatable bonds is 4. The molecule has 0 aromatic rings. The Morgan fingerprint density at radius 1 is 1.52 bits per heavy atom. The van der Waals surface area contributed by atoms with Crippen molar-refractivity contribution in [3.63, 3.8) is 0 Å². The van der Waals surface area contributed by atoms with E-state index in [1.807, 2.05) is 31.8 Å². The molecule has 0 aromatic carbocycles. The normalized spacial score (nSPS) is 31.2. The van der Waals surface area contributed by atoms with Crippen molar-refractivity contribution in [3.8, 4) is 0 Å². The highest BCUT2D eigenvalue weighted by atomic mass is 32.2. The van der Waals surface area contributed by atoms with Gasteiger partial charge in [0.05, 0.1) is 11.3 Å². The number of hydrogen-bond acceptors (Lipinski definition) is 3. The van der Waals surface area contributed by atoms with Gasteiger partial charge in [0, 0.05) is 23.1 Å². The van der Waals surface area contributed by atoms with Crippen LogP contribution >= 0.6 is 11.8 Å². The van der Waals surface area contributed by atoms with Gasteiger partial charge in [-0.3, -0.25) is 4.99 Å². The van der Waals surface area contributed by atoms with Gasteiger partial charge in [0.25, 0.3) is 0 Å². The van der Waals surface area contributed by atoms with Crippen molar-refractivity contribution >= 4 is 17.5 Å². The Morgan fingerprint density at radius 3 is 2.76 bits per heavy atom. The molecule has 3 atom stereocenters. The highest BCUT2D eigenvalue weighted by molar-refractivity contribution is 8.06. The van der Waals surface area contributed by atoms with Gasteiger partial charge in [-0.1, -0.05) is 26.0 Å². The smallest absolute Gasteiger partial charge is 0.0973 e. The molecule has 118 valence electrons. The monoisotopic (exact) mass is 307 g/mol. The molecule has 3 heteroatoms. The lowest BCUT2D eigenvalue weighted by molar-refractivity contribution is 0.148. The Balaban J connectivity index is 2.17. The Bertz CT molecular complexity index is 454. The zero-order valence-electron chi connectivity index (χ0n) is 13.9. The number of aliphatic hydroxyl groups is 1. The fourth-order valence-corrected chi connectivity index (χ4v) is 3.95. The minimum Gasteiger partial charge on any atom is -0.384 e. The number of thioether (sulfide) groups is 1. The minimum absolute atomic E-state index is 0.347. The van der Waals surface area contributed by atoms with Crippen molar-refractivity contribution in [1.82, 2.24) is 0 Å². The first-order valence-electron chi connectivity index (χ1n) is 8.04. The van der Waals surface area contributed by atoms with Crippen LogP contribution in [-0.2, 0) is 0 Å². The van der Waals surface area contributed by atoms with Crippen molar-refractivity contribution in [2.45, 2.75) is 64.2 Å². The summed E-state index contributed by atoms with van der Waals surface area (Å²) in [4.78, 5) is 4.73. The number of allylic oxidation sites excluding steroid dienone is 2. The number of nitrogens with zero attached hydrogens (tertiary/aromatic N) is 1. The summed E-state index contributed by atoms with van der Waals surface area (Å²) in [6.07, 6.45) is 6.44. The van der Waals surface area contributed by atoms with Gasteiger partial charge in [0.2, 0.25) is 0 Å². The summed E-state index contributed by atoms with van der Waals surface area (Å²) in [5, 5.41) is 11.1. The van der Waals surface area contributed by atoms with Gasteiger partial charge >= 0.3 is 0 Å². The van der Waals surface area contributed by atoms with Crippen LogP contribution in [0.25, 0.3) is 0 Å². The molecule has 1 saturated carbocycles. The molecule has 0 radical (unpaired) electrons. The van der Waals surface area contributed by atoms with Crippen LogP contribution in [0.3, 0.4) is 0 Å². The largest absolute Gasteiger partial charge is 0.384 e. The molecule has 1 N–H and O–H groups in total. The lowest BCUT2D eigenvalue weighted by Crippen LogP contribution is -2.37. The van der Waals surface area contributed by atoms with Gasteiger partial charge in [-0.15, -0.1) is 0 Å². The summed E-state index contributed by atoms with van der Waals surface area (Å²) in [5.74, 6) is 2.27. The van der Waals surface area contributed by atoms with Crippen molar-refractivity contribution < 1.29 is 5.11 Å². The Kier molecular flexibility index (Phi) is 5.37. The Hall–Kier alpha value is -0.540. The molecular formula is C18H29NOS. The molecule has 1 saturated heterocycles. The summed E-state index contributed by atoms with van der Waals surface area (Å²) in [7, 11) is 0. The summed E-state index contributed by atoms with van der Waals surface area (Å²) < 4.78 is 0. The summed E-state index contributed by atoms with van der Waals surface area (Å²) in [6, 6.07) is 0. The fourth-order valence-electron chi connectivity index (χ4n) is 3.13. The highest BCUT2D eigenvalue weighted by Crippen LogP contribution is 2.39. The van der Waals surface area contributed by atoms with Gasteiger partial charge in [0.1, 0.15) is 0 Å². The standard InChI is InChI=1S/C18H29NOS/c1-12-6-7-15(9-13(2)8-12)10-19-17(18(4,5)20)14(3)16-11-21-16/h10,12,14,16,20H,2,6-9,11H2,1,3-5H3/b15-10+,19-17?. The van der Waals surface area contributed by atoms with E-state index >= 15 is 0 Å². The van der Waals surface area contributed by atoms with Crippen LogP contribution in [0.2, 0.25) is 0 Å². The molecular weight excluding hydrogens is 278 g/mol. The minimum atomic E-state index is -0.839. The Morgan fingerprint density at radius 2 is 2.19 bits per heavy atom. The fraction of sp³-hybridized carbons (Fsp3) is 0.722. The van der Waals surface area contributed by atoms with E-state index in [0.29, 0.717) is 11.2 Å². The third kappa shape index (κ3) is 5.00. The van der Waals surface area contributed by atoms with Crippen LogP contribution in [0, 0.1) is 11.8 Å². The number of aliphatic imine (C=N–C) groups is 1. The van der Waals surface area contributed by atoms with E-state index in [-0.39, 0.29) is 0 Å². The molecule has 2 nitrogen and oxygen atoms in total. The number of hydrogen-bond donors (Lipinski definition) is 1. The van der Waals surface area contributed by atoms with Crippen LogP contribution in [0.1, 0.15) is 53.4 Å². The lowest BCUT2D eigenvalue weighted by Gasteiger charge is -2.25. The van der Waals surface area contributed by atoms with Crippen LogP contribution in [0.15, 0.2) is 28.9 Å². The van der Waals surface area contributed by atoms with Crippen molar-refractivity contribution in [3.05, 3.63) is 23.9 Å². The molecule has 3 unspecified atom stereocenters. The molecule has 0 amide bonds. The van der Waals surface area contributed by atoms with Gasteiger partial charge in [-0.2, -0.15) is 11.8 Å². The Labute approximate surface area is 133 Å². The van der Waals surface area contributed by atoms with E-state index < -0.39 is 5.60 Å². The topological polar surface area (TPSA) is 32.6 Å². The molecule has 2 aliphatic rings. The quantitative estimate of drug-likeness (QED) is 0.356. The second-order valence-corrected chi connectivity index (χ2v) is 8.57. The maximum absolute atomic E-state index is 10.4. The molecule has 1 heterocycles. The predicted molar refractivity (Wildman–Crippen MR) is 94.0 cm³/mol. The molecule has 0 bridgehead atoms. The van der Waals surface area contributed by atoms with Gasteiger partial charge < -0.3 is 5.11 Å². The zero-order chi connectivity index (χ0) is 15.6. The first-order valence-corrected chi connectivity index (χ1v) is 9.09.